The summed E-state index contributed by atoms with van der Waals surface area (Å²) in [4.78, 5) is 22.0. The zero-order valence-corrected chi connectivity index (χ0v) is 10.2. The van der Waals surface area contributed by atoms with Crippen LogP contribution in [-0.4, -0.2) is 23.5 Å². The van der Waals surface area contributed by atoms with Crippen LogP contribution in [0, 0.1) is 11.8 Å². The molecule has 0 aliphatic rings. The zero-order valence-electron chi connectivity index (χ0n) is 10.2. The average Bonchev–Trinajstić information content (AvgIpc) is 2.17. The molecule has 0 radical (unpaired) electrons. The van der Waals surface area contributed by atoms with E-state index < -0.39 is 5.97 Å². The summed E-state index contributed by atoms with van der Waals surface area (Å²) < 4.78 is 0. The van der Waals surface area contributed by atoms with Gasteiger partial charge in [0.1, 0.15) is 0 Å². The van der Waals surface area contributed by atoms with Gasteiger partial charge in [-0.3, -0.25) is 9.59 Å². The predicted molar refractivity (Wildman–Crippen MR) is 63.0 cm³/mol. The van der Waals surface area contributed by atoms with E-state index in [1.54, 1.807) is 6.92 Å². The topological polar surface area (TPSA) is 66.4 Å². The van der Waals surface area contributed by atoms with E-state index in [-0.39, 0.29) is 17.7 Å². The van der Waals surface area contributed by atoms with Gasteiger partial charge in [0.2, 0.25) is 5.91 Å². The van der Waals surface area contributed by atoms with Crippen LogP contribution in [0.3, 0.4) is 0 Å². The lowest BCUT2D eigenvalue weighted by Crippen LogP contribution is -2.25. The quantitative estimate of drug-likeness (QED) is 0.652. The number of rotatable bonds is 7. The van der Waals surface area contributed by atoms with Crippen molar-refractivity contribution in [3.8, 4) is 0 Å². The van der Waals surface area contributed by atoms with Crippen molar-refractivity contribution in [2.45, 2.75) is 33.6 Å². The Morgan fingerprint density at radius 2 is 1.94 bits per heavy atom. The molecule has 0 bridgehead atoms. The molecule has 92 valence electrons. The maximum Gasteiger partial charge on any atom is 0.306 e. The van der Waals surface area contributed by atoms with Crippen molar-refractivity contribution in [1.82, 2.24) is 5.32 Å². The standard InChI is InChI=1S/C12H21NO3/c1-5-13-11(14)9(3)6-8(2)7-10(4)12(15)16/h8,10H,3,5-7H2,1-2,4H3,(H,13,14)(H,15,16). The first-order valence-corrected chi connectivity index (χ1v) is 5.57. The number of amides is 1. The van der Waals surface area contributed by atoms with Crippen molar-refractivity contribution in [3.05, 3.63) is 12.2 Å². The van der Waals surface area contributed by atoms with E-state index in [0.29, 0.717) is 25.0 Å². The molecular weight excluding hydrogens is 206 g/mol. The summed E-state index contributed by atoms with van der Waals surface area (Å²) in [6.07, 6.45) is 1.11. The predicted octanol–water partition coefficient (Wildman–Crippen LogP) is 1.82. The van der Waals surface area contributed by atoms with Gasteiger partial charge in [-0.2, -0.15) is 0 Å². The smallest absolute Gasteiger partial charge is 0.306 e. The third-order valence-corrected chi connectivity index (χ3v) is 2.43. The summed E-state index contributed by atoms with van der Waals surface area (Å²) in [5.74, 6) is -1.16. The molecule has 0 saturated heterocycles. The molecule has 0 aromatic rings. The highest BCUT2D eigenvalue weighted by Gasteiger charge is 2.17. The van der Waals surface area contributed by atoms with Gasteiger partial charge < -0.3 is 10.4 Å². The largest absolute Gasteiger partial charge is 0.481 e. The Morgan fingerprint density at radius 1 is 1.38 bits per heavy atom. The van der Waals surface area contributed by atoms with E-state index in [9.17, 15) is 9.59 Å². The number of carboxylic acids is 1. The molecule has 0 spiro atoms. The van der Waals surface area contributed by atoms with Crippen molar-refractivity contribution in [2.24, 2.45) is 11.8 Å². The van der Waals surface area contributed by atoms with Gasteiger partial charge in [0.05, 0.1) is 5.92 Å². The number of carbonyl (C=O) groups excluding carboxylic acids is 1. The average molecular weight is 227 g/mol. The molecule has 0 saturated carbocycles. The van der Waals surface area contributed by atoms with Crippen LogP contribution in [-0.2, 0) is 9.59 Å². The molecule has 4 heteroatoms. The molecule has 4 nitrogen and oxygen atoms in total. The van der Waals surface area contributed by atoms with Crippen LogP contribution in [0.4, 0.5) is 0 Å². The van der Waals surface area contributed by atoms with E-state index >= 15 is 0 Å². The summed E-state index contributed by atoms with van der Waals surface area (Å²) in [7, 11) is 0. The molecule has 0 aliphatic carbocycles. The van der Waals surface area contributed by atoms with E-state index in [4.69, 9.17) is 5.11 Å². The first-order valence-electron chi connectivity index (χ1n) is 5.57. The molecule has 0 aromatic heterocycles. The zero-order chi connectivity index (χ0) is 12.7. The van der Waals surface area contributed by atoms with Crippen LogP contribution in [0.1, 0.15) is 33.6 Å². The molecule has 2 N–H and O–H groups in total. The fourth-order valence-electron chi connectivity index (χ4n) is 1.59. The molecule has 0 heterocycles. The maximum absolute atomic E-state index is 11.4. The highest BCUT2D eigenvalue weighted by atomic mass is 16.4. The number of aliphatic carboxylic acids is 1. The summed E-state index contributed by atoms with van der Waals surface area (Å²) in [6, 6.07) is 0. The Labute approximate surface area is 96.7 Å². The van der Waals surface area contributed by atoms with E-state index in [1.807, 2.05) is 13.8 Å². The van der Waals surface area contributed by atoms with Gasteiger partial charge >= 0.3 is 5.97 Å². The number of hydrogen-bond acceptors (Lipinski definition) is 2. The Kier molecular flexibility index (Phi) is 6.46. The first-order chi connectivity index (χ1) is 7.38. The Morgan fingerprint density at radius 3 is 2.38 bits per heavy atom. The minimum atomic E-state index is -0.796. The van der Waals surface area contributed by atoms with Crippen LogP contribution in [0.2, 0.25) is 0 Å². The lowest BCUT2D eigenvalue weighted by Gasteiger charge is -2.15. The second-order valence-electron chi connectivity index (χ2n) is 4.25. The van der Waals surface area contributed by atoms with Gasteiger partial charge in [-0.05, 0) is 25.7 Å². The first kappa shape index (κ1) is 14.7. The molecule has 0 aliphatic heterocycles. The van der Waals surface area contributed by atoms with E-state index in [0.717, 1.165) is 0 Å². The van der Waals surface area contributed by atoms with E-state index in [2.05, 4.69) is 11.9 Å². The lowest BCUT2D eigenvalue weighted by atomic mass is 9.92. The number of nitrogens with one attached hydrogen (secondary N) is 1. The third-order valence-electron chi connectivity index (χ3n) is 2.43. The van der Waals surface area contributed by atoms with Gasteiger partial charge in [0.15, 0.2) is 0 Å². The van der Waals surface area contributed by atoms with Crippen molar-refractivity contribution >= 4 is 11.9 Å². The van der Waals surface area contributed by atoms with Gasteiger partial charge in [-0.15, -0.1) is 0 Å². The Hall–Kier alpha value is -1.32. The van der Waals surface area contributed by atoms with Gasteiger partial charge in [-0.25, -0.2) is 0 Å². The second kappa shape index (κ2) is 7.04. The fraction of sp³-hybridized carbons (Fsp3) is 0.667. The van der Waals surface area contributed by atoms with Gasteiger partial charge in [0.25, 0.3) is 0 Å². The Balaban J connectivity index is 4.04. The molecule has 2 unspecified atom stereocenters. The Bertz CT molecular complexity index is 273. The molecule has 0 rings (SSSR count). The molecule has 0 fully saturated rings. The third kappa shape index (κ3) is 5.53. The number of hydrogen-bond donors (Lipinski definition) is 2. The van der Waals surface area contributed by atoms with Crippen molar-refractivity contribution in [3.63, 3.8) is 0 Å². The van der Waals surface area contributed by atoms with Gasteiger partial charge in [0, 0.05) is 12.1 Å². The number of carboxylic acid groups (broad SMARTS) is 1. The maximum atomic E-state index is 11.4. The van der Waals surface area contributed by atoms with Crippen molar-refractivity contribution < 1.29 is 14.7 Å². The minimum absolute atomic E-state index is 0.141. The van der Waals surface area contributed by atoms with Crippen molar-refractivity contribution in [2.75, 3.05) is 6.54 Å². The lowest BCUT2D eigenvalue weighted by molar-refractivity contribution is -0.141. The molecule has 16 heavy (non-hydrogen) atoms. The van der Waals surface area contributed by atoms with Crippen LogP contribution in [0.15, 0.2) is 12.2 Å². The van der Waals surface area contributed by atoms with Crippen LogP contribution in [0.25, 0.3) is 0 Å². The highest BCUT2D eigenvalue weighted by Crippen LogP contribution is 2.18. The fourth-order valence-corrected chi connectivity index (χ4v) is 1.59. The highest BCUT2D eigenvalue weighted by molar-refractivity contribution is 5.92. The summed E-state index contributed by atoms with van der Waals surface area (Å²) in [6.45, 7) is 9.74. The molecule has 2 atom stereocenters. The summed E-state index contributed by atoms with van der Waals surface area (Å²) >= 11 is 0. The van der Waals surface area contributed by atoms with E-state index in [1.165, 1.54) is 0 Å². The monoisotopic (exact) mass is 227 g/mol. The molecule has 0 aromatic carbocycles. The van der Waals surface area contributed by atoms with Crippen molar-refractivity contribution in [1.29, 1.82) is 0 Å². The number of likely N-dealkylation sites (N-methyl/N-ethyl adjacent to an activating group) is 1. The van der Waals surface area contributed by atoms with Crippen LogP contribution >= 0.6 is 0 Å². The number of carbonyl (C=O) groups is 2. The second-order valence-corrected chi connectivity index (χ2v) is 4.25. The SMILES string of the molecule is C=C(CC(C)CC(C)C(=O)O)C(=O)NCC. The van der Waals surface area contributed by atoms with Crippen LogP contribution in [0.5, 0.6) is 0 Å². The van der Waals surface area contributed by atoms with Gasteiger partial charge in [-0.1, -0.05) is 20.4 Å². The summed E-state index contributed by atoms with van der Waals surface area (Å²) in [5.41, 5.74) is 0.520. The molecular formula is C12H21NO3. The summed E-state index contributed by atoms with van der Waals surface area (Å²) in [5, 5.41) is 11.4. The van der Waals surface area contributed by atoms with Crippen LogP contribution < -0.4 is 5.32 Å². The molecule has 1 amide bonds. The minimum Gasteiger partial charge on any atom is -0.481 e. The normalized spacial score (nSPS) is 13.9.